The average molecular weight is 729 g/mol. The summed E-state index contributed by atoms with van der Waals surface area (Å²) in [5, 5.41) is 22.9. The molecule has 0 saturated heterocycles. The van der Waals surface area contributed by atoms with Crippen LogP contribution in [0, 0.1) is 5.41 Å². The first-order valence-corrected chi connectivity index (χ1v) is 19.5. The van der Waals surface area contributed by atoms with Gasteiger partial charge in [0.25, 0.3) is 5.01 Å². The van der Waals surface area contributed by atoms with E-state index in [-0.39, 0.29) is 16.9 Å². The average Bonchev–Trinajstić information content (AvgIpc) is 3.52. The number of carbonyl (C=O) groups is 2. The summed E-state index contributed by atoms with van der Waals surface area (Å²) in [6, 6.07) is 12.0. The molecule has 7 nitrogen and oxygen atoms in total. The second-order valence-electron chi connectivity index (χ2n) is 12.0. The molecule has 1 aromatic heterocycles. The van der Waals surface area contributed by atoms with Gasteiger partial charge in [0.2, 0.25) is 5.52 Å². The molecule has 0 fully saturated rings. The van der Waals surface area contributed by atoms with E-state index in [0.29, 0.717) is 29.6 Å². The number of benzene rings is 2. The largest absolute Gasteiger partial charge is 0.549 e. The first-order valence-electron chi connectivity index (χ1n) is 15.1. The summed E-state index contributed by atoms with van der Waals surface area (Å²) in [6.07, 6.45) is 12.9. The van der Waals surface area contributed by atoms with Crippen molar-refractivity contribution >= 4 is 92.1 Å². The van der Waals surface area contributed by atoms with Crippen LogP contribution in [0.25, 0.3) is 16.3 Å². The molecule has 248 valence electrons. The molecule has 0 amide bonds. The number of ether oxygens (including phenoxy) is 1. The Balaban J connectivity index is 1.40. The molecule has 3 aromatic rings. The van der Waals surface area contributed by atoms with Crippen LogP contribution in [0.15, 0.2) is 81.8 Å². The molecule has 0 unspecified atom stereocenters. The number of hydrogen-bond donors (Lipinski definition) is 1. The summed E-state index contributed by atoms with van der Waals surface area (Å²) in [6.45, 7) is 5.95. The number of hydrogen-bond acceptors (Lipinski definition) is 9. The topological polar surface area (TPSA) is 93.8 Å². The molecule has 47 heavy (non-hydrogen) atoms. The van der Waals surface area contributed by atoms with Crippen LogP contribution in [0.2, 0.25) is 5.02 Å². The van der Waals surface area contributed by atoms with Gasteiger partial charge in [0.15, 0.2) is 6.54 Å². The molecule has 2 aliphatic rings. The molecule has 0 radical (unpaired) electrons. The van der Waals surface area contributed by atoms with E-state index in [1.54, 1.807) is 30.2 Å². The number of allylic oxidation sites excluding steroid dienone is 6. The fourth-order valence-electron chi connectivity index (χ4n) is 5.72. The Kier molecular flexibility index (Phi) is 12.1. The Morgan fingerprint density at radius 3 is 2.72 bits per heavy atom. The SMILES string of the molecule is COc1ccc2sc(/C=C/C=C3C=C(/C=C4\Sc5ccc(Cl)cc5N4CCSCC(=O)[O-])CC(C)(C)C/3)[n+](CCSCC(=O)O)c2c1. The molecule has 1 aliphatic carbocycles. The normalized spacial score (nSPS) is 17.5. The predicted molar refractivity (Wildman–Crippen MR) is 197 cm³/mol. The van der Waals surface area contributed by atoms with Crippen LogP contribution in [-0.4, -0.2) is 53.7 Å². The maximum absolute atomic E-state index is 11.0. The second-order valence-corrected chi connectivity index (χ2v) is 16.8. The molecule has 1 aliphatic heterocycles. The van der Waals surface area contributed by atoms with Gasteiger partial charge in [-0.05, 0) is 65.8 Å². The van der Waals surface area contributed by atoms with Gasteiger partial charge in [0, 0.05) is 34.0 Å². The summed E-state index contributed by atoms with van der Waals surface area (Å²) in [5.41, 5.74) is 4.69. The van der Waals surface area contributed by atoms with Crippen molar-refractivity contribution in [3.05, 3.63) is 86.9 Å². The predicted octanol–water partition coefficient (Wildman–Crippen LogP) is 7.29. The number of carboxylic acid groups (broad SMARTS) is 2. The molecule has 0 atom stereocenters. The zero-order valence-electron chi connectivity index (χ0n) is 26.5. The van der Waals surface area contributed by atoms with Gasteiger partial charge in [-0.25, -0.2) is 0 Å². The molecule has 0 saturated carbocycles. The Hall–Kier alpha value is -2.83. The Labute approximate surface area is 297 Å². The maximum atomic E-state index is 11.0. The molecular weight excluding hydrogens is 692 g/mol. The van der Waals surface area contributed by atoms with Gasteiger partial charge in [0.05, 0.1) is 41.4 Å². The molecule has 2 aromatic carbocycles. The molecular formula is C35H37ClN2O5S4. The second kappa shape index (κ2) is 16.0. The number of carboxylic acids is 2. The van der Waals surface area contributed by atoms with Gasteiger partial charge in [0.1, 0.15) is 10.4 Å². The van der Waals surface area contributed by atoms with Gasteiger partial charge in [-0.2, -0.15) is 16.3 Å². The Morgan fingerprint density at radius 2 is 1.96 bits per heavy atom. The molecule has 12 heteroatoms. The quantitative estimate of drug-likeness (QED) is 0.136. The van der Waals surface area contributed by atoms with E-state index in [2.05, 4.69) is 59.8 Å². The number of carbonyl (C=O) groups excluding carboxylic acids is 1. The highest BCUT2D eigenvalue weighted by atomic mass is 35.5. The number of halogens is 1. The third kappa shape index (κ3) is 9.63. The molecule has 5 rings (SSSR count). The number of thioether (sulfide) groups is 3. The molecule has 0 bridgehead atoms. The summed E-state index contributed by atoms with van der Waals surface area (Å²) in [5.74, 6) is 0.341. The van der Waals surface area contributed by atoms with E-state index in [1.165, 1.54) is 34.7 Å². The minimum absolute atomic E-state index is 0.0250. The number of rotatable bonds is 14. The summed E-state index contributed by atoms with van der Waals surface area (Å²) in [4.78, 5) is 25.4. The lowest BCUT2D eigenvalue weighted by atomic mass is 9.75. The third-order valence-electron chi connectivity index (χ3n) is 7.59. The van der Waals surface area contributed by atoms with Gasteiger partial charge >= 0.3 is 5.97 Å². The van der Waals surface area contributed by atoms with Crippen molar-refractivity contribution in [2.24, 2.45) is 5.41 Å². The van der Waals surface area contributed by atoms with Crippen molar-refractivity contribution < 1.29 is 29.1 Å². The molecule has 1 N–H and O–H groups in total. The lowest BCUT2D eigenvalue weighted by molar-refractivity contribution is -0.664. The van der Waals surface area contributed by atoms with Crippen LogP contribution in [-0.2, 0) is 16.1 Å². The molecule has 0 spiro atoms. The Morgan fingerprint density at radius 1 is 1.15 bits per heavy atom. The van der Waals surface area contributed by atoms with Crippen LogP contribution < -0.4 is 19.3 Å². The van der Waals surface area contributed by atoms with Crippen LogP contribution in [0.5, 0.6) is 5.75 Å². The fraction of sp³-hybridized carbons (Fsp3) is 0.343. The van der Waals surface area contributed by atoms with E-state index in [4.69, 9.17) is 21.4 Å². The van der Waals surface area contributed by atoms with Crippen molar-refractivity contribution in [1.82, 2.24) is 0 Å². The number of aliphatic carboxylic acids is 2. The highest BCUT2D eigenvalue weighted by molar-refractivity contribution is 8.03. The minimum atomic E-state index is -1.05. The highest BCUT2D eigenvalue weighted by Gasteiger charge is 2.29. The number of nitrogens with zero attached hydrogens (tertiary/aromatic N) is 2. The van der Waals surface area contributed by atoms with Crippen molar-refractivity contribution in [3.8, 4) is 5.75 Å². The fourth-order valence-corrected chi connectivity index (χ4v) is 9.37. The molecule has 2 heterocycles. The maximum Gasteiger partial charge on any atom is 0.313 e. The van der Waals surface area contributed by atoms with Crippen LogP contribution in [0.1, 0.15) is 31.7 Å². The van der Waals surface area contributed by atoms with E-state index in [0.717, 1.165) is 49.4 Å². The van der Waals surface area contributed by atoms with Gasteiger partial charge in [-0.15, -0.1) is 11.8 Å². The Bertz CT molecular complexity index is 1780. The van der Waals surface area contributed by atoms with E-state index < -0.39 is 11.9 Å². The first-order chi connectivity index (χ1) is 22.5. The lowest BCUT2D eigenvalue weighted by Crippen LogP contribution is -2.36. The monoisotopic (exact) mass is 728 g/mol. The summed E-state index contributed by atoms with van der Waals surface area (Å²) < 4.78 is 8.87. The highest BCUT2D eigenvalue weighted by Crippen LogP contribution is 2.48. The van der Waals surface area contributed by atoms with Gasteiger partial charge in [-0.1, -0.05) is 66.8 Å². The minimum Gasteiger partial charge on any atom is -0.549 e. The standard InChI is InChI=1S/C35H37ClN2O5S4/c1-35(2)19-23(5-4-6-31-37(11-13-44-21-33(39)40)28-18-26(43-3)8-10-30(28)46-31)15-24(20-35)16-32-38(12-14-45-22-34(41)42)27-17-25(36)7-9-29(27)47-32/h4-10,15-18H,11-14,19-22H2,1-3H3,(H-,39,40,41,42). The van der Waals surface area contributed by atoms with Crippen molar-refractivity contribution in [2.75, 3.05) is 41.6 Å². The van der Waals surface area contributed by atoms with E-state index >= 15 is 0 Å². The number of methoxy groups -OCH3 is 1. The number of aryl methyl sites for hydroxylation is 1. The van der Waals surface area contributed by atoms with E-state index in [1.807, 2.05) is 30.3 Å². The zero-order chi connectivity index (χ0) is 33.6. The van der Waals surface area contributed by atoms with Gasteiger partial charge < -0.3 is 24.6 Å². The number of anilines is 1. The summed E-state index contributed by atoms with van der Waals surface area (Å²) in [7, 11) is 1.66. The van der Waals surface area contributed by atoms with Crippen LogP contribution in [0.4, 0.5) is 5.69 Å². The number of aromatic nitrogens is 1. The number of thiazole rings is 1. The number of fused-ring (bicyclic) bond motifs is 2. The summed E-state index contributed by atoms with van der Waals surface area (Å²) >= 11 is 12.6. The van der Waals surface area contributed by atoms with Crippen LogP contribution >= 0.6 is 58.2 Å². The third-order valence-corrected chi connectivity index (χ3v) is 11.9. The van der Waals surface area contributed by atoms with E-state index in [9.17, 15) is 14.7 Å². The van der Waals surface area contributed by atoms with Crippen molar-refractivity contribution in [2.45, 2.75) is 38.1 Å². The van der Waals surface area contributed by atoms with Crippen molar-refractivity contribution in [3.63, 3.8) is 0 Å². The first kappa shape index (κ1) is 35.5. The van der Waals surface area contributed by atoms with Crippen molar-refractivity contribution in [1.29, 1.82) is 0 Å². The van der Waals surface area contributed by atoms with Gasteiger partial charge in [-0.3, -0.25) is 4.79 Å². The van der Waals surface area contributed by atoms with Crippen LogP contribution in [0.3, 0.4) is 0 Å². The lowest BCUT2D eigenvalue weighted by Gasteiger charge is -2.31. The smallest absolute Gasteiger partial charge is 0.313 e. The zero-order valence-corrected chi connectivity index (χ0v) is 30.5.